The summed E-state index contributed by atoms with van der Waals surface area (Å²) in [5.74, 6) is -0.847. The lowest BCUT2D eigenvalue weighted by molar-refractivity contribution is -0.133. The van der Waals surface area contributed by atoms with E-state index in [0.717, 1.165) is 6.42 Å². The maximum Gasteiger partial charge on any atom is 0.313 e. The number of hydrogen-bond acceptors (Lipinski definition) is 6. The van der Waals surface area contributed by atoms with Crippen molar-refractivity contribution in [1.29, 1.82) is 0 Å². The van der Waals surface area contributed by atoms with E-state index >= 15 is 0 Å². The van der Waals surface area contributed by atoms with Crippen molar-refractivity contribution in [2.24, 2.45) is 0 Å². The van der Waals surface area contributed by atoms with Gasteiger partial charge in [0.25, 0.3) is 0 Å². The van der Waals surface area contributed by atoms with Gasteiger partial charge in [-0.25, -0.2) is 0 Å². The molecule has 0 radical (unpaired) electrons. The first-order chi connectivity index (χ1) is 9.69. The summed E-state index contributed by atoms with van der Waals surface area (Å²) >= 11 is 2.56. The highest BCUT2D eigenvalue weighted by Crippen LogP contribution is 2.29. The Hall–Kier alpha value is -1.60. The van der Waals surface area contributed by atoms with E-state index in [2.05, 4.69) is 34.6 Å². The molecule has 1 atom stereocenters. The average molecular weight is 309 g/mol. The Morgan fingerprint density at radius 1 is 1.40 bits per heavy atom. The molecule has 0 amide bonds. The van der Waals surface area contributed by atoms with Crippen molar-refractivity contribution in [2.45, 2.75) is 23.7 Å². The van der Waals surface area contributed by atoms with Crippen LogP contribution >= 0.6 is 23.1 Å². The number of carbonyl (C=O) groups is 1. The van der Waals surface area contributed by atoms with Gasteiger partial charge in [-0.1, -0.05) is 60.4 Å². The molecule has 20 heavy (non-hydrogen) atoms. The van der Waals surface area contributed by atoms with E-state index in [1.165, 1.54) is 28.7 Å². The molecule has 0 bridgehead atoms. The summed E-state index contributed by atoms with van der Waals surface area (Å²) in [6.07, 6.45) is 0.932. The van der Waals surface area contributed by atoms with Gasteiger partial charge < -0.3 is 10.4 Å². The Bertz CT molecular complexity index is 560. The first-order valence-electron chi connectivity index (χ1n) is 6.18. The van der Waals surface area contributed by atoms with Gasteiger partial charge >= 0.3 is 5.97 Å². The predicted octanol–water partition coefficient (Wildman–Crippen LogP) is 3.28. The van der Waals surface area contributed by atoms with E-state index in [1.54, 1.807) is 0 Å². The maximum absolute atomic E-state index is 10.5. The fraction of sp³-hybridized carbons (Fsp3) is 0.308. The molecule has 1 unspecified atom stereocenters. The third-order valence-corrected chi connectivity index (χ3v) is 4.61. The molecule has 2 N–H and O–H groups in total. The summed E-state index contributed by atoms with van der Waals surface area (Å²) in [6, 6.07) is 10.3. The number of carboxylic acid groups (broad SMARTS) is 1. The van der Waals surface area contributed by atoms with Crippen LogP contribution in [-0.2, 0) is 4.79 Å². The van der Waals surface area contributed by atoms with Gasteiger partial charge in [0.05, 0.1) is 11.8 Å². The van der Waals surface area contributed by atoms with Crippen LogP contribution in [0.2, 0.25) is 0 Å². The van der Waals surface area contributed by atoms with E-state index in [-0.39, 0.29) is 11.8 Å². The monoisotopic (exact) mass is 309 g/mol. The molecule has 7 heteroatoms. The van der Waals surface area contributed by atoms with Crippen molar-refractivity contribution in [1.82, 2.24) is 10.2 Å². The Labute approximate surface area is 125 Å². The largest absolute Gasteiger partial charge is 0.481 e. The fourth-order valence-electron chi connectivity index (χ4n) is 1.71. The van der Waals surface area contributed by atoms with Gasteiger partial charge in [-0.2, -0.15) is 0 Å². The van der Waals surface area contributed by atoms with Crippen molar-refractivity contribution < 1.29 is 9.90 Å². The van der Waals surface area contributed by atoms with Crippen LogP contribution in [0, 0.1) is 0 Å². The van der Waals surface area contributed by atoms with Crippen LogP contribution in [0.25, 0.3) is 0 Å². The van der Waals surface area contributed by atoms with Crippen LogP contribution in [0.3, 0.4) is 0 Å². The molecule has 1 aromatic carbocycles. The van der Waals surface area contributed by atoms with E-state index in [0.29, 0.717) is 9.47 Å². The third-order valence-electron chi connectivity index (χ3n) is 2.63. The lowest BCUT2D eigenvalue weighted by atomic mass is 10.1. The minimum absolute atomic E-state index is 0.00449. The minimum atomic E-state index is -0.851. The molecule has 0 saturated heterocycles. The molecule has 2 aromatic rings. The van der Waals surface area contributed by atoms with Gasteiger partial charge in [0.2, 0.25) is 5.13 Å². The number of anilines is 1. The number of rotatable bonds is 7. The van der Waals surface area contributed by atoms with E-state index in [4.69, 9.17) is 5.11 Å². The fourth-order valence-corrected chi connectivity index (χ4v) is 3.23. The smallest absolute Gasteiger partial charge is 0.313 e. The number of nitrogens with one attached hydrogen (secondary N) is 1. The predicted molar refractivity (Wildman–Crippen MR) is 81.4 cm³/mol. The maximum atomic E-state index is 10.5. The van der Waals surface area contributed by atoms with Crippen molar-refractivity contribution in [3.63, 3.8) is 0 Å². The quantitative estimate of drug-likeness (QED) is 0.765. The van der Waals surface area contributed by atoms with Gasteiger partial charge in [-0.15, -0.1) is 10.2 Å². The Morgan fingerprint density at radius 2 is 2.15 bits per heavy atom. The molecule has 2 rings (SSSR count). The summed E-state index contributed by atoms with van der Waals surface area (Å²) in [6.45, 7) is 2.10. The summed E-state index contributed by atoms with van der Waals surface area (Å²) < 4.78 is 0.665. The zero-order valence-corrected chi connectivity index (χ0v) is 12.6. The van der Waals surface area contributed by atoms with Gasteiger partial charge in [0.1, 0.15) is 0 Å². The topological polar surface area (TPSA) is 75.1 Å². The molecule has 0 saturated carbocycles. The molecule has 0 aliphatic rings. The van der Waals surface area contributed by atoms with E-state index < -0.39 is 5.97 Å². The van der Waals surface area contributed by atoms with Gasteiger partial charge in [-0.3, -0.25) is 4.79 Å². The highest BCUT2D eigenvalue weighted by molar-refractivity contribution is 8.01. The van der Waals surface area contributed by atoms with Crippen molar-refractivity contribution in [3.8, 4) is 0 Å². The zero-order valence-electron chi connectivity index (χ0n) is 10.9. The van der Waals surface area contributed by atoms with Crippen molar-refractivity contribution in [3.05, 3.63) is 35.9 Å². The van der Waals surface area contributed by atoms with Gasteiger partial charge in [-0.05, 0) is 12.0 Å². The van der Waals surface area contributed by atoms with Gasteiger partial charge in [0.15, 0.2) is 4.34 Å². The molecule has 5 nitrogen and oxygen atoms in total. The lowest BCUT2D eigenvalue weighted by Gasteiger charge is -2.15. The SMILES string of the molecule is CCC(Nc1nnc(SCC(=O)O)s1)c1ccccc1. The molecular weight excluding hydrogens is 294 g/mol. The Balaban J connectivity index is 2.00. The number of aliphatic carboxylic acids is 1. The molecule has 0 spiro atoms. The summed E-state index contributed by atoms with van der Waals surface area (Å²) in [7, 11) is 0. The molecule has 1 aromatic heterocycles. The highest BCUT2D eigenvalue weighted by Gasteiger charge is 2.12. The van der Waals surface area contributed by atoms with Crippen LogP contribution in [-0.4, -0.2) is 27.0 Å². The first-order valence-corrected chi connectivity index (χ1v) is 7.99. The van der Waals surface area contributed by atoms with Gasteiger partial charge in [0, 0.05) is 0 Å². The number of aromatic nitrogens is 2. The van der Waals surface area contributed by atoms with Crippen LogP contribution in [0.5, 0.6) is 0 Å². The summed E-state index contributed by atoms with van der Waals surface area (Å²) in [5, 5.41) is 20.7. The van der Waals surface area contributed by atoms with E-state index in [9.17, 15) is 4.79 Å². The van der Waals surface area contributed by atoms with Crippen molar-refractivity contribution in [2.75, 3.05) is 11.1 Å². The average Bonchev–Trinajstić information content (AvgIpc) is 2.91. The van der Waals surface area contributed by atoms with Crippen LogP contribution in [0.15, 0.2) is 34.7 Å². The van der Waals surface area contributed by atoms with Crippen LogP contribution in [0.1, 0.15) is 24.9 Å². The number of nitrogens with zero attached hydrogens (tertiary/aromatic N) is 2. The number of benzene rings is 1. The molecule has 0 aliphatic heterocycles. The molecule has 106 valence electrons. The standard InChI is InChI=1S/C13H15N3O2S2/c1-2-10(9-6-4-3-5-7-9)14-12-15-16-13(20-12)19-8-11(17)18/h3-7,10H,2,8H2,1H3,(H,14,15)(H,17,18). The molecular formula is C13H15N3O2S2. The van der Waals surface area contributed by atoms with Crippen LogP contribution < -0.4 is 5.32 Å². The van der Waals surface area contributed by atoms with E-state index in [1.807, 2.05) is 18.2 Å². The minimum Gasteiger partial charge on any atom is -0.481 e. The molecule has 1 heterocycles. The zero-order chi connectivity index (χ0) is 14.4. The highest BCUT2D eigenvalue weighted by atomic mass is 32.2. The Kier molecular flexibility index (Phi) is 5.37. The third kappa shape index (κ3) is 4.21. The number of carboxylic acids is 1. The number of hydrogen-bond donors (Lipinski definition) is 2. The second-order valence-electron chi connectivity index (χ2n) is 4.07. The molecule has 0 fully saturated rings. The second kappa shape index (κ2) is 7.25. The summed E-state index contributed by atoms with van der Waals surface area (Å²) in [4.78, 5) is 10.5. The van der Waals surface area contributed by atoms with Crippen molar-refractivity contribution >= 4 is 34.2 Å². The second-order valence-corrected chi connectivity index (χ2v) is 6.27. The summed E-state index contributed by atoms with van der Waals surface area (Å²) in [5.41, 5.74) is 1.20. The normalized spacial score (nSPS) is 12.1. The molecule has 0 aliphatic carbocycles. The first kappa shape index (κ1) is 14.8. The Morgan fingerprint density at radius 3 is 2.80 bits per heavy atom. The lowest BCUT2D eigenvalue weighted by Crippen LogP contribution is -2.09. The van der Waals surface area contributed by atoms with Crippen LogP contribution in [0.4, 0.5) is 5.13 Å². The number of thioether (sulfide) groups is 1.